The van der Waals surface area contributed by atoms with Gasteiger partial charge in [-0.1, -0.05) is 13.0 Å². The highest BCUT2D eigenvalue weighted by atomic mass is 16.3. The number of H-pyrrole nitrogens is 1. The van der Waals surface area contributed by atoms with E-state index in [0.717, 1.165) is 10.9 Å². The zero-order valence-electron chi connectivity index (χ0n) is 9.73. The molecule has 1 heterocycles. The summed E-state index contributed by atoms with van der Waals surface area (Å²) in [6.07, 6.45) is 2.52. The van der Waals surface area contributed by atoms with Crippen molar-refractivity contribution in [3.05, 3.63) is 36.0 Å². The molecule has 1 aromatic carbocycles. The first kappa shape index (κ1) is 11.7. The molecule has 2 aromatic rings. The maximum atomic E-state index is 12.0. The van der Waals surface area contributed by atoms with Gasteiger partial charge in [-0.2, -0.15) is 0 Å². The van der Waals surface area contributed by atoms with Crippen molar-refractivity contribution in [1.29, 1.82) is 0 Å². The fourth-order valence-corrected chi connectivity index (χ4v) is 1.82. The number of fused-ring (bicyclic) bond motifs is 1. The van der Waals surface area contributed by atoms with Crippen LogP contribution >= 0.6 is 0 Å². The van der Waals surface area contributed by atoms with E-state index in [9.17, 15) is 4.79 Å². The van der Waals surface area contributed by atoms with Crippen molar-refractivity contribution in [3.63, 3.8) is 0 Å². The summed E-state index contributed by atoms with van der Waals surface area (Å²) in [6.45, 7) is 1.89. The number of aromatic amines is 1. The molecule has 2 rings (SSSR count). The second-order valence-electron chi connectivity index (χ2n) is 4.01. The molecule has 0 fully saturated rings. The number of carbonyl (C=O) groups is 1. The molecule has 4 nitrogen and oxygen atoms in total. The monoisotopic (exact) mass is 232 g/mol. The van der Waals surface area contributed by atoms with Crippen LogP contribution in [0.4, 0.5) is 0 Å². The number of hydrogen-bond donors (Lipinski definition) is 3. The minimum absolute atomic E-state index is 0.0364. The number of amides is 1. The van der Waals surface area contributed by atoms with E-state index in [1.165, 1.54) is 0 Å². The van der Waals surface area contributed by atoms with Gasteiger partial charge in [0, 0.05) is 22.7 Å². The second kappa shape index (κ2) is 5.01. The minimum atomic E-state index is -0.184. The van der Waals surface area contributed by atoms with Crippen LogP contribution in [0.5, 0.6) is 0 Å². The lowest BCUT2D eigenvalue weighted by atomic mass is 10.1. The summed E-state index contributed by atoms with van der Waals surface area (Å²) >= 11 is 0. The van der Waals surface area contributed by atoms with E-state index in [1.54, 1.807) is 6.07 Å². The number of nitrogens with one attached hydrogen (secondary N) is 2. The van der Waals surface area contributed by atoms with Crippen LogP contribution in [-0.2, 0) is 0 Å². The lowest BCUT2D eigenvalue weighted by molar-refractivity contribution is 0.0916. The number of rotatable bonds is 4. The van der Waals surface area contributed by atoms with Gasteiger partial charge < -0.3 is 15.4 Å². The van der Waals surface area contributed by atoms with Crippen molar-refractivity contribution in [2.75, 3.05) is 6.61 Å². The van der Waals surface area contributed by atoms with Gasteiger partial charge in [0.25, 0.3) is 5.91 Å². The van der Waals surface area contributed by atoms with Crippen LogP contribution in [0.3, 0.4) is 0 Å². The van der Waals surface area contributed by atoms with Gasteiger partial charge in [0.15, 0.2) is 0 Å². The van der Waals surface area contributed by atoms with Gasteiger partial charge >= 0.3 is 0 Å². The molecule has 0 bridgehead atoms. The predicted molar refractivity (Wildman–Crippen MR) is 66.9 cm³/mol. The van der Waals surface area contributed by atoms with E-state index >= 15 is 0 Å². The van der Waals surface area contributed by atoms with Gasteiger partial charge in [-0.05, 0) is 24.6 Å². The molecule has 0 saturated heterocycles. The van der Waals surface area contributed by atoms with Crippen LogP contribution in [0, 0.1) is 0 Å². The number of carbonyl (C=O) groups excluding carboxylic acids is 1. The first-order valence-electron chi connectivity index (χ1n) is 5.74. The van der Waals surface area contributed by atoms with E-state index in [2.05, 4.69) is 10.3 Å². The lowest BCUT2D eigenvalue weighted by Gasteiger charge is -2.14. The van der Waals surface area contributed by atoms with Crippen LogP contribution in [0.2, 0.25) is 0 Å². The van der Waals surface area contributed by atoms with Crippen LogP contribution < -0.4 is 5.32 Å². The summed E-state index contributed by atoms with van der Waals surface area (Å²) in [5, 5.41) is 12.8. The van der Waals surface area contributed by atoms with E-state index in [0.29, 0.717) is 12.0 Å². The Morgan fingerprint density at radius 3 is 3.00 bits per heavy atom. The maximum absolute atomic E-state index is 12.0. The van der Waals surface area contributed by atoms with E-state index in [-0.39, 0.29) is 18.6 Å². The Bertz CT molecular complexity index is 515. The first-order valence-corrected chi connectivity index (χ1v) is 5.74. The molecule has 90 valence electrons. The Balaban J connectivity index is 2.27. The van der Waals surface area contributed by atoms with Gasteiger partial charge in [0.05, 0.1) is 12.6 Å². The molecule has 1 aromatic heterocycles. The number of hydrogen-bond acceptors (Lipinski definition) is 2. The Hall–Kier alpha value is -1.81. The van der Waals surface area contributed by atoms with Crippen molar-refractivity contribution in [1.82, 2.24) is 10.3 Å². The number of aliphatic hydroxyl groups excluding tert-OH is 1. The van der Waals surface area contributed by atoms with Crippen LogP contribution in [0.15, 0.2) is 30.5 Å². The van der Waals surface area contributed by atoms with E-state index in [1.807, 2.05) is 31.3 Å². The summed E-state index contributed by atoms with van der Waals surface area (Å²) in [5.74, 6) is -0.142. The fraction of sp³-hybridized carbons (Fsp3) is 0.308. The molecule has 1 amide bonds. The highest BCUT2D eigenvalue weighted by Crippen LogP contribution is 2.17. The molecule has 0 aliphatic carbocycles. The highest BCUT2D eigenvalue weighted by Gasteiger charge is 2.13. The normalized spacial score (nSPS) is 12.6. The topological polar surface area (TPSA) is 65.1 Å². The van der Waals surface area contributed by atoms with Crippen molar-refractivity contribution in [2.24, 2.45) is 0 Å². The highest BCUT2D eigenvalue weighted by molar-refractivity contribution is 6.06. The van der Waals surface area contributed by atoms with Crippen molar-refractivity contribution >= 4 is 16.8 Å². The van der Waals surface area contributed by atoms with Crippen LogP contribution in [0.25, 0.3) is 10.9 Å². The Labute approximate surface area is 99.7 Å². The minimum Gasteiger partial charge on any atom is -0.394 e. The van der Waals surface area contributed by atoms with Crippen LogP contribution in [0.1, 0.15) is 23.7 Å². The number of aliphatic hydroxyl groups is 1. The molecule has 0 spiro atoms. The van der Waals surface area contributed by atoms with Crippen molar-refractivity contribution < 1.29 is 9.90 Å². The average Bonchev–Trinajstić information content (AvgIpc) is 2.83. The molecule has 17 heavy (non-hydrogen) atoms. The van der Waals surface area contributed by atoms with Gasteiger partial charge in [0.1, 0.15) is 0 Å². The number of benzene rings is 1. The summed E-state index contributed by atoms with van der Waals surface area (Å²) in [4.78, 5) is 15.1. The summed E-state index contributed by atoms with van der Waals surface area (Å²) < 4.78 is 0. The molecule has 3 N–H and O–H groups in total. The first-order chi connectivity index (χ1) is 8.26. The van der Waals surface area contributed by atoms with Crippen molar-refractivity contribution in [2.45, 2.75) is 19.4 Å². The maximum Gasteiger partial charge on any atom is 0.252 e. The molecular weight excluding hydrogens is 216 g/mol. The Kier molecular flexibility index (Phi) is 3.44. The summed E-state index contributed by atoms with van der Waals surface area (Å²) in [6, 6.07) is 7.25. The fourth-order valence-electron chi connectivity index (χ4n) is 1.82. The molecule has 0 saturated carbocycles. The molecule has 4 heteroatoms. The second-order valence-corrected chi connectivity index (χ2v) is 4.01. The summed E-state index contributed by atoms with van der Waals surface area (Å²) in [7, 11) is 0. The molecule has 0 unspecified atom stereocenters. The van der Waals surface area contributed by atoms with Crippen molar-refractivity contribution in [3.8, 4) is 0 Å². The Morgan fingerprint density at radius 2 is 2.29 bits per heavy atom. The predicted octanol–water partition coefficient (Wildman–Crippen LogP) is 1.67. The van der Waals surface area contributed by atoms with Gasteiger partial charge in [-0.15, -0.1) is 0 Å². The molecule has 0 aliphatic heterocycles. The molecular formula is C13H16N2O2. The smallest absolute Gasteiger partial charge is 0.252 e. The third kappa shape index (κ3) is 2.31. The van der Waals surface area contributed by atoms with Crippen LogP contribution in [-0.4, -0.2) is 28.6 Å². The molecule has 0 radical (unpaired) electrons. The summed E-state index contributed by atoms with van der Waals surface area (Å²) in [5.41, 5.74) is 1.57. The quantitative estimate of drug-likeness (QED) is 0.750. The van der Waals surface area contributed by atoms with Gasteiger partial charge in [-0.3, -0.25) is 4.79 Å². The Morgan fingerprint density at radius 1 is 1.47 bits per heavy atom. The zero-order chi connectivity index (χ0) is 12.3. The average molecular weight is 232 g/mol. The largest absolute Gasteiger partial charge is 0.394 e. The van der Waals surface area contributed by atoms with Gasteiger partial charge in [-0.25, -0.2) is 0 Å². The lowest BCUT2D eigenvalue weighted by Crippen LogP contribution is -2.36. The van der Waals surface area contributed by atoms with Gasteiger partial charge in [0.2, 0.25) is 0 Å². The van der Waals surface area contributed by atoms with E-state index in [4.69, 9.17) is 5.11 Å². The third-order valence-electron chi connectivity index (χ3n) is 2.89. The zero-order valence-corrected chi connectivity index (χ0v) is 9.73. The SMILES string of the molecule is CC[C@@H](CO)NC(=O)c1cccc2[nH]ccc12. The third-order valence-corrected chi connectivity index (χ3v) is 2.89. The molecule has 0 aliphatic rings. The standard InChI is InChI=1S/C13H16N2O2/c1-2-9(8-16)15-13(17)11-4-3-5-12-10(11)6-7-14-12/h3-7,9,14,16H,2,8H2,1H3,(H,15,17)/t9-/m0/s1. The number of aromatic nitrogens is 1. The molecule has 1 atom stereocenters. The van der Waals surface area contributed by atoms with E-state index < -0.39 is 0 Å².